The summed E-state index contributed by atoms with van der Waals surface area (Å²) in [7, 11) is 1.76. The molecule has 0 aliphatic carbocycles. The van der Waals surface area contributed by atoms with Crippen LogP contribution in [0.2, 0.25) is 0 Å². The van der Waals surface area contributed by atoms with E-state index in [0.29, 0.717) is 17.9 Å². The Labute approximate surface area is 121 Å². The van der Waals surface area contributed by atoms with Gasteiger partial charge in [0, 0.05) is 37.2 Å². The highest BCUT2D eigenvalue weighted by Gasteiger charge is 2.30. The number of rotatable bonds is 3. The van der Waals surface area contributed by atoms with E-state index >= 15 is 0 Å². The van der Waals surface area contributed by atoms with Crippen molar-refractivity contribution in [2.75, 3.05) is 17.3 Å². The molecule has 2 N–H and O–H groups in total. The van der Waals surface area contributed by atoms with Crippen molar-refractivity contribution in [2.24, 2.45) is 0 Å². The van der Waals surface area contributed by atoms with Crippen LogP contribution < -0.4 is 10.2 Å². The Morgan fingerprint density at radius 1 is 1.38 bits per heavy atom. The normalized spacial score (nSPS) is 16.5. The molecule has 6 heteroatoms. The predicted octanol–water partition coefficient (Wildman–Crippen LogP) is 1.84. The first kappa shape index (κ1) is 13.5. The highest BCUT2D eigenvalue weighted by atomic mass is 19.1. The van der Waals surface area contributed by atoms with Gasteiger partial charge in [0.05, 0.1) is 5.69 Å². The van der Waals surface area contributed by atoms with Crippen LogP contribution in [0.5, 0.6) is 0 Å². The molecular weight excluding hydrogens is 273 g/mol. The largest absolute Gasteiger partial charge is 0.378 e. The zero-order valence-corrected chi connectivity index (χ0v) is 11.4. The Bertz CT molecular complexity index is 691. The molecular formula is C15H14FN3O2. The smallest absolute Gasteiger partial charge is 0.257 e. The number of hydrogen-bond donors (Lipinski definition) is 2. The zero-order valence-electron chi connectivity index (χ0n) is 11.4. The number of aliphatic hydroxyl groups excluding tert-OH is 1. The highest BCUT2D eigenvalue weighted by molar-refractivity contribution is 6.02. The Balaban J connectivity index is 1.90. The molecule has 0 fully saturated rings. The molecule has 0 saturated heterocycles. The molecule has 1 aromatic carbocycles. The Hall–Kier alpha value is -2.47. The molecule has 21 heavy (non-hydrogen) atoms. The summed E-state index contributed by atoms with van der Waals surface area (Å²) in [6.07, 6.45) is 2.06. The molecule has 1 atom stereocenters. The van der Waals surface area contributed by atoms with Crippen molar-refractivity contribution in [2.45, 2.75) is 12.6 Å². The number of nitrogens with one attached hydrogen (secondary N) is 1. The number of benzene rings is 1. The summed E-state index contributed by atoms with van der Waals surface area (Å²) in [5.74, 6) is -1.00. The van der Waals surface area contributed by atoms with Gasteiger partial charge in [-0.2, -0.15) is 0 Å². The molecule has 1 aromatic heterocycles. The molecule has 1 aliphatic rings. The van der Waals surface area contributed by atoms with E-state index in [-0.39, 0.29) is 5.56 Å². The van der Waals surface area contributed by atoms with Gasteiger partial charge in [-0.3, -0.25) is 9.78 Å². The van der Waals surface area contributed by atoms with Gasteiger partial charge in [-0.05, 0) is 29.8 Å². The van der Waals surface area contributed by atoms with Crippen LogP contribution in [0.3, 0.4) is 0 Å². The fourth-order valence-electron chi connectivity index (χ4n) is 2.39. The third-order valence-corrected chi connectivity index (χ3v) is 3.50. The summed E-state index contributed by atoms with van der Waals surface area (Å²) in [5.41, 5.74) is 2.08. The number of aromatic nitrogens is 1. The van der Waals surface area contributed by atoms with Crippen LogP contribution in [0.4, 0.5) is 15.8 Å². The van der Waals surface area contributed by atoms with Crippen molar-refractivity contribution in [3.8, 4) is 0 Å². The van der Waals surface area contributed by atoms with Gasteiger partial charge in [0.1, 0.15) is 5.82 Å². The van der Waals surface area contributed by atoms with E-state index in [1.54, 1.807) is 30.4 Å². The second-order valence-electron chi connectivity index (χ2n) is 4.99. The van der Waals surface area contributed by atoms with Crippen molar-refractivity contribution < 1.29 is 14.3 Å². The summed E-state index contributed by atoms with van der Waals surface area (Å²) in [5, 5.41) is 12.2. The molecule has 0 saturated carbocycles. The second-order valence-corrected chi connectivity index (χ2v) is 4.99. The maximum Gasteiger partial charge on any atom is 0.257 e. The van der Waals surface area contributed by atoms with Gasteiger partial charge >= 0.3 is 0 Å². The molecule has 0 spiro atoms. The third-order valence-electron chi connectivity index (χ3n) is 3.50. The van der Waals surface area contributed by atoms with Gasteiger partial charge < -0.3 is 15.3 Å². The van der Waals surface area contributed by atoms with Crippen molar-refractivity contribution in [3.05, 3.63) is 53.6 Å². The summed E-state index contributed by atoms with van der Waals surface area (Å²) >= 11 is 0. The Morgan fingerprint density at radius 2 is 2.10 bits per heavy atom. The quantitative estimate of drug-likeness (QED) is 0.904. The first-order valence-electron chi connectivity index (χ1n) is 6.48. The first-order valence-corrected chi connectivity index (χ1v) is 6.48. The van der Waals surface area contributed by atoms with Crippen LogP contribution >= 0.6 is 0 Å². The molecule has 0 bridgehead atoms. The van der Waals surface area contributed by atoms with E-state index in [0.717, 1.165) is 5.56 Å². The number of anilines is 2. The molecule has 2 heterocycles. The number of fused-ring (bicyclic) bond motifs is 1. The summed E-state index contributed by atoms with van der Waals surface area (Å²) in [6, 6.07) is 6.46. The van der Waals surface area contributed by atoms with E-state index in [1.165, 1.54) is 6.07 Å². The maximum atomic E-state index is 14.2. The predicted molar refractivity (Wildman–Crippen MR) is 76.3 cm³/mol. The SMILES string of the molecule is CN(Cc1ccncc1)c1cc2c(cc1F)C(O)C(=O)N2. The number of carbonyl (C=O) groups is 1. The van der Waals surface area contributed by atoms with Crippen LogP contribution in [0.1, 0.15) is 17.2 Å². The molecule has 1 aliphatic heterocycles. The van der Waals surface area contributed by atoms with Gasteiger partial charge in [-0.25, -0.2) is 4.39 Å². The second kappa shape index (κ2) is 5.14. The van der Waals surface area contributed by atoms with Crippen LogP contribution in [-0.2, 0) is 11.3 Å². The number of pyridine rings is 1. The monoisotopic (exact) mass is 287 g/mol. The molecule has 1 unspecified atom stereocenters. The molecule has 5 nitrogen and oxygen atoms in total. The van der Waals surface area contributed by atoms with Gasteiger partial charge in [0.15, 0.2) is 6.10 Å². The lowest BCUT2D eigenvalue weighted by Gasteiger charge is -2.21. The summed E-state index contributed by atoms with van der Waals surface area (Å²) in [6.45, 7) is 0.509. The van der Waals surface area contributed by atoms with Crippen LogP contribution in [0.15, 0.2) is 36.7 Å². The van der Waals surface area contributed by atoms with E-state index in [1.807, 2.05) is 12.1 Å². The molecule has 108 valence electrons. The fraction of sp³-hybridized carbons (Fsp3) is 0.200. The molecule has 1 amide bonds. The lowest BCUT2D eigenvalue weighted by molar-refractivity contribution is -0.123. The van der Waals surface area contributed by atoms with Gasteiger partial charge in [-0.15, -0.1) is 0 Å². The molecule has 2 aromatic rings. The summed E-state index contributed by atoms with van der Waals surface area (Å²) in [4.78, 5) is 17.1. The summed E-state index contributed by atoms with van der Waals surface area (Å²) < 4.78 is 14.2. The topological polar surface area (TPSA) is 65.5 Å². The number of halogens is 1. The lowest BCUT2D eigenvalue weighted by atomic mass is 10.1. The number of hydrogen-bond acceptors (Lipinski definition) is 4. The molecule has 0 radical (unpaired) electrons. The van der Waals surface area contributed by atoms with Crippen molar-refractivity contribution in [3.63, 3.8) is 0 Å². The minimum Gasteiger partial charge on any atom is -0.378 e. The highest BCUT2D eigenvalue weighted by Crippen LogP contribution is 2.35. The zero-order chi connectivity index (χ0) is 15.0. The van der Waals surface area contributed by atoms with E-state index in [4.69, 9.17) is 0 Å². The first-order chi connectivity index (χ1) is 10.1. The number of carbonyl (C=O) groups excluding carboxylic acids is 1. The van der Waals surface area contributed by atoms with Gasteiger partial charge in [-0.1, -0.05) is 0 Å². The van der Waals surface area contributed by atoms with Gasteiger partial charge in [0.25, 0.3) is 5.91 Å². The minimum absolute atomic E-state index is 0.276. The average molecular weight is 287 g/mol. The van der Waals surface area contributed by atoms with Gasteiger partial charge in [0.2, 0.25) is 0 Å². The van der Waals surface area contributed by atoms with Crippen molar-refractivity contribution >= 4 is 17.3 Å². The lowest BCUT2D eigenvalue weighted by Crippen LogP contribution is -2.18. The van der Waals surface area contributed by atoms with E-state index in [9.17, 15) is 14.3 Å². The van der Waals surface area contributed by atoms with Crippen LogP contribution in [0.25, 0.3) is 0 Å². The van der Waals surface area contributed by atoms with Crippen molar-refractivity contribution in [1.82, 2.24) is 4.98 Å². The van der Waals surface area contributed by atoms with E-state index < -0.39 is 17.8 Å². The van der Waals surface area contributed by atoms with Crippen molar-refractivity contribution in [1.29, 1.82) is 0 Å². The minimum atomic E-state index is -1.30. The Morgan fingerprint density at radius 3 is 2.81 bits per heavy atom. The average Bonchev–Trinajstić information content (AvgIpc) is 2.74. The Kier molecular flexibility index (Phi) is 3.31. The number of nitrogens with zero attached hydrogens (tertiary/aromatic N) is 2. The fourth-order valence-corrected chi connectivity index (χ4v) is 2.39. The van der Waals surface area contributed by atoms with E-state index in [2.05, 4.69) is 10.3 Å². The third kappa shape index (κ3) is 2.45. The standard InChI is InChI=1S/C15H14FN3O2/c1-19(8-9-2-4-17-5-3-9)13-7-12-10(6-11(13)16)14(20)15(21)18-12/h2-7,14,20H,8H2,1H3,(H,18,21). The number of amides is 1. The number of aliphatic hydroxyl groups is 1. The molecule has 3 rings (SSSR count). The maximum absolute atomic E-state index is 14.2. The van der Waals surface area contributed by atoms with Crippen LogP contribution in [-0.4, -0.2) is 23.0 Å². The van der Waals surface area contributed by atoms with Crippen LogP contribution in [0, 0.1) is 5.82 Å².